The minimum atomic E-state index is -0.868. The summed E-state index contributed by atoms with van der Waals surface area (Å²) < 4.78 is 0.823. The van der Waals surface area contributed by atoms with E-state index in [9.17, 15) is 14.7 Å². The molecule has 0 aliphatic carbocycles. The zero-order chi connectivity index (χ0) is 22.3. The molecule has 3 aromatic rings. The van der Waals surface area contributed by atoms with Gasteiger partial charge in [0.05, 0.1) is 12.0 Å². The number of hydrogen-bond donors (Lipinski definition) is 2. The Hall–Kier alpha value is -3.03. The number of nitrogens with zero attached hydrogens (tertiary/aromatic N) is 2. The number of fused-ring (bicyclic) bond motifs is 2. The van der Waals surface area contributed by atoms with E-state index < -0.39 is 11.4 Å². The Morgan fingerprint density at radius 1 is 1.16 bits per heavy atom. The van der Waals surface area contributed by atoms with Crippen LogP contribution in [0.15, 0.2) is 71.3 Å². The summed E-state index contributed by atoms with van der Waals surface area (Å²) in [6.07, 6.45) is 2.73. The molecular formula is C25H22BrN3O3. The Bertz CT molecular complexity index is 1180. The van der Waals surface area contributed by atoms with E-state index in [1.807, 2.05) is 41.3 Å². The summed E-state index contributed by atoms with van der Waals surface area (Å²) in [5.41, 5.74) is 3.40. The van der Waals surface area contributed by atoms with Crippen LogP contribution in [0.5, 0.6) is 0 Å². The van der Waals surface area contributed by atoms with Crippen molar-refractivity contribution in [3.8, 4) is 11.1 Å². The first-order valence-corrected chi connectivity index (χ1v) is 11.3. The number of carboxylic acid groups (broad SMARTS) is 1. The molecule has 1 amide bonds. The predicted molar refractivity (Wildman–Crippen MR) is 125 cm³/mol. The van der Waals surface area contributed by atoms with Gasteiger partial charge in [-0.3, -0.25) is 14.5 Å². The van der Waals surface area contributed by atoms with E-state index >= 15 is 0 Å². The lowest BCUT2D eigenvalue weighted by Gasteiger charge is -2.43. The van der Waals surface area contributed by atoms with E-state index in [2.05, 4.69) is 50.5 Å². The number of aromatic nitrogens is 1. The van der Waals surface area contributed by atoms with Gasteiger partial charge in [0.25, 0.3) is 0 Å². The van der Waals surface area contributed by atoms with Crippen molar-refractivity contribution in [1.29, 1.82) is 0 Å². The normalized spacial score (nSPS) is 22.5. The van der Waals surface area contributed by atoms with Gasteiger partial charge in [-0.05, 0) is 51.5 Å². The smallest absolute Gasteiger partial charge is 0.317 e. The first-order chi connectivity index (χ1) is 15.5. The maximum Gasteiger partial charge on any atom is 0.317 e. The van der Waals surface area contributed by atoms with Gasteiger partial charge in [-0.15, -0.1) is 0 Å². The first-order valence-electron chi connectivity index (χ1n) is 10.5. The highest BCUT2D eigenvalue weighted by molar-refractivity contribution is 9.10. The molecule has 6 nitrogen and oxygen atoms in total. The SMILES string of the molecule is O=C(O)CN1CCC2(C[C@@H]1c1ccc(-c3ccccc3)cc1)C(=O)Nc1ncc(Br)cc12. The van der Waals surface area contributed by atoms with E-state index in [-0.39, 0.29) is 18.5 Å². The summed E-state index contributed by atoms with van der Waals surface area (Å²) in [6, 6.07) is 20.1. The van der Waals surface area contributed by atoms with Crippen LogP contribution in [0.1, 0.15) is 30.0 Å². The van der Waals surface area contributed by atoms with E-state index in [4.69, 9.17) is 0 Å². The number of halogens is 1. The number of carbonyl (C=O) groups is 2. The summed E-state index contributed by atoms with van der Waals surface area (Å²) in [4.78, 5) is 31.1. The molecule has 2 aromatic carbocycles. The van der Waals surface area contributed by atoms with Crippen LogP contribution in [0.3, 0.4) is 0 Å². The lowest BCUT2D eigenvalue weighted by molar-refractivity contribution is -0.139. The molecule has 1 saturated heterocycles. The highest BCUT2D eigenvalue weighted by Gasteiger charge is 2.52. The van der Waals surface area contributed by atoms with E-state index in [1.165, 1.54) is 0 Å². The number of anilines is 1. The molecule has 1 fully saturated rings. The van der Waals surface area contributed by atoms with Crippen LogP contribution >= 0.6 is 15.9 Å². The van der Waals surface area contributed by atoms with Crippen LogP contribution < -0.4 is 5.32 Å². The largest absolute Gasteiger partial charge is 0.480 e. The van der Waals surface area contributed by atoms with Crippen molar-refractivity contribution in [3.05, 3.63) is 82.5 Å². The fourth-order valence-corrected chi connectivity index (χ4v) is 5.31. The second kappa shape index (κ2) is 8.15. The number of rotatable bonds is 4. The number of aliphatic carboxylic acids is 1. The van der Waals surface area contributed by atoms with Crippen molar-refractivity contribution in [2.75, 3.05) is 18.4 Å². The van der Waals surface area contributed by atoms with Crippen molar-refractivity contribution in [2.24, 2.45) is 0 Å². The zero-order valence-corrected chi connectivity index (χ0v) is 18.9. The number of carboxylic acids is 1. The lowest BCUT2D eigenvalue weighted by atomic mass is 9.70. The molecule has 2 aliphatic rings. The molecule has 0 saturated carbocycles. The topological polar surface area (TPSA) is 82.5 Å². The highest BCUT2D eigenvalue weighted by Crippen LogP contribution is 2.50. The quantitative estimate of drug-likeness (QED) is 0.556. The van der Waals surface area contributed by atoms with Crippen LogP contribution in [0, 0.1) is 0 Å². The minimum Gasteiger partial charge on any atom is -0.480 e. The third kappa shape index (κ3) is 3.61. The molecule has 1 spiro atoms. The summed E-state index contributed by atoms with van der Waals surface area (Å²) in [7, 11) is 0. The average Bonchev–Trinajstić information content (AvgIpc) is 3.06. The number of likely N-dealkylation sites (tertiary alicyclic amines) is 1. The monoisotopic (exact) mass is 491 g/mol. The fourth-order valence-electron chi connectivity index (χ4n) is 4.98. The van der Waals surface area contributed by atoms with Gasteiger partial charge >= 0.3 is 5.97 Å². The first kappa shape index (κ1) is 20.8. The molecule has 7 heteroatoms. The summed E-state index contributed by atoms with van der Waals surface area (Å²) >= 11 is 3.48. The van der Waals surface area contributed by atoms with Gasteiger partial charge in [-0.25, -0.2) is 4.98 Å². The Morgan fingerprint density at radius 3 is 2.59 bits per heavy atom. The minimum absolute atomic E-state index is 0.0565. The maximum atomic E-state index is 13.2. The van der Waals surface area contributed by atoms with Gasteiger partial charge in [-0.1, -0.05) is 54.6 Å². The number of nitrogens with one attached hydrogen (secondary N) is 1. The standard InChI is InChI=1S/C25H22BrN3O3/c26-19-12-20-23(27-14-19)28-24(32)25(20)10-11-29(15-22(30)31)21(13-25)18-8-6-17(7-9-18)16-4-2-1-3-5-16/h1-9,12,14,21H,10-11,13,15H2,(H,30,31)(H,27,28,32)/t21-,25?/m1/s1. The molecule has 2 N–H and O–H groups in total. The molecule has 0 radical (unpaired) electrons. The molecule has 1 aromatic heterocycles. The van der Waals surface area contributed by atoms with E-state index in [0.717, 1.165) is 26.7 Å². The highest BCUT2D eigenvalue weighted by atomic mass is 79.9. The number of benzene rings is 2. The number of carbonyl (C=O) groups excluding carboxylic acids is 1. The Morgan fingerprint density at radius 2 is 1.88 bits per heavy atom. The molecule has 2 aliphatic heterocycles. The van der Waals surface area contributed by atoms with E-state index in [1.54, 1.807) is 6.20 Å². The van der Waals surface area contributed by atoms with E-state index in [0.29, 0.717) is 25.2 Å². The van der Waals surface area contributed by atoms with Crippen LogP contribution in [-0.4, -0.2) is 40.0 Å². The van der Waals surface area contributed by atoms with Gasteiger partial charge in [0.15, 0.2) is 0 Å². The molecule has 2 atom stereocenters. The van der Waals surface area contributed by atoms with Crippen molar-refractivity contribution >= 4 is 33.6 Å². The van der Waals surface area contributed by atoms with Gasteiger partial charge in [0, 0.05) is 28.8 Å². The third-order valence-electron chi connectivity index (χ3n) is 6.59. The molecular weight excluding hydrogens is 470 g/mol. The van der Waals surface area contributed by atoms with Crippen molar-refractivity contribution in [2.45, 2.75) is 24.3 Å². The molecule has 5 rings (SSSR count). The Balaban J connectivity index is 1.52. The van der Waals surface area contributed by atoms with Crippen LogP contribution in [0.4, 0.5) is 5.82 Å². The van der Waals surface area contributed by atoms with Gasteiger partial charge in [-0.2, -0.15) is 0 Å². The van der Waals surface area contributed by atoms with Gasteiger partial charge < -0.3 is 10.4 Å². The summed E-state index contributed by atoms with van der Waals surface area (Å²) in [5.74, 6) is -0.324. The number of amides is 1. The summed E-state index contributed by atoms with van der Waals surface area (Å²) in [6.45, 7) is 0.448. The van der Waals surface area contributed by atoms with Gasteiger partial charge in [0.1, 0.15) is 5.82 Å². The van der Waals surface area contributed by atoms with Gasteiger partial charge in [0.2, 0.25) is 5.91 Å². The number of pyridine rings is 1. The molecule has 3 heterocycles. The Kier molecular flexibility index (Phi) is 5.31. The van der Waals surface area contributed by atoms with Crippen LogP contribution in [0.2, 0.25) is 0 Å². The maximum absolute atomic E-state index is 13.2. The molecule has 1 unspecified atom stereocenters. The Labute approximate surface area is 194 Å². The van der Waals surface area contributed by atoms with Crippen LogP contribution in [-0.2, 0) is 15.0 Å². The molecule has 162 valence electrons. The second-order valence-corrected chi connectivity index (χ2v) is 9.32. The summed E-state index contributed by atoms with van der Waals surface area (Å²) in [5, 5.41) is 12.4. The average molecular weight is 492 g/mol. The van der Waals surface area contributed by atoms with Crippen molar-refractivity contribution in [3.63, 3.8) is 0 Å². The fraction of sp³-hybridized carbons (Fsp3) is 0.240. The lowest BCUT2D eigenvalue weighted by Crippen LogP contribution is -2.49. The third-order valence-corrected chi connectivity index (χ3v) is 7.02. The molecule has 32 heavy (non-hydrogen) atoms. The van der Waals surface area contributed by atoms with Crippen molar-refractivity contribution in [1.82, 2.24) is 9.88 Å². The second-order valence-electron chi connectivity index (χ2n) is 8.41. The molecule has 0 bridgehead atoms. The predicted octanol–water partition coefficient (Wildman–Crippen LogP) is 4.62. The van der Waals surface area contributed by atoms with Crippen LogP contribution in [0.25, 0.3) is 11.1 Å². The zero-order valence-electron chi connectivity index (χ0n) is 17.3. The number of hydrogen-bond acceptors (Lipinski definition) is 4. The van der Waals surface area contributed by atoms with Crippen molar-refractivity contribution < 1.29 is 14.7 Å². The number of piperidine rings is 1.